The summed E-state index contributed by atoms with van der Waals surface area (Å²) in [5.41, 5.74) is 0.0829. The molecule has 7 nitrogen and oxygen atoms in total. The number of carbonyl (C=O) groups excluding carboxylic acids is 2. The Labute approximate surface area is 165 Å². The van der Waals surface area contributed by atoms with Gasteiger partial charge in [0.2, 0.25) is 0 Å². The monoisotopic (exact) mass is 398 g/mol. The molecule has 3 rings (SSSR count). The molecule has 0 heterocycles. The van der Waals surface area contributed by atoms with Crippen molar-refractivity contribution in [3.63, 3.8) is 0 Å². The lowest BCUT2D eigenvalue weighted by Crippen LogP contribution is -2.30. The van der Waals surface area contributed by atoms with Crippen LogP contribution in [0.2, 0.25) is 5.02 Å². The Balaban J connectivity index is 1.68. The van der Waals surface area contributed by atoms with E-state index in [4.69, 9.17) is 16.3 Å². The molecule has 0 spiro atoms. The first-order chi connectivity index (χ1) is 13.3. The smallest absolute Gasteiger partial charge is 0.339 e. The molecular formula is C20H15ClN2O5. The number of nitrogens with one attached hydrogen (secondary N) is 1. The number of rotatable bonds is 5. The summed E-state index contributed by atoms with van der Waals surface area (Å²) < 4.78 is 5.12. The van der Waals surface area contributed by atoms with Gasteiger partial charge in [-0.15, -0.1) is 0 Å². The van der Waals surface area contributed by atoms with E-state index < -0.39 is 28.6 Å². The third-order valence-electron chi connectivity index (χ3n) is 4.05. The van der Waals surface area contributed by atoms with E-state index in [1.807, 2.05) is 36.4 Å². The molecular weight excluding hydrogens is 384 g/mol. The average molecular weight is 399 g/mol. The van der Waals surface area contributed by atoms with E-state index in [1.165, 1.54) is 19.1 Å². The van der Waals surface area contributed by atoms with Crippen LogP contribution in [0.1, 0.15) is 17.3 Å². The number of nitro benzene ring substituents is 1. The molecule has 1 N–H and O–H groups in total. The maximum atomic E-state index is 12.3. The first-order valence-corrected chi connectivity index (χ1v) is 8.67. The summed E-state index contributed by atoms with van der Waals surface area (Å²) in [6.07, 6.45) is -1.10. The van der Waals surface area contributed by atoms with Gasteiger partial charge in [0.25, 0.3) is 11.6 Å². The van der Waals surface area contributed by atoms with Crippen molar-refractivity contribution < 1.29 is 19.2 Å². The number of nitro groups is 1. The van der Waals surface area contributed by atoms with Crippen molar-refractivity contribution in [3.05, 3.63) is 81.4 Å². The number of amides is 1. The molecule has 1 atom stereocenters. The van der Waals surface area contributed by atoms with Crippen LogP contribution in [0, 0.1) is 10.1 Å². The van der Waals surface area contributed by atoms with Crippen molar-refractivity contribution in [3.8, 4) is 0 Å². The summed E-state index contributed by atoms with van der Waals surface area (Å²) in [4.78, 5) is 34.8. The van der Waals surface area contributed by atoms with E-state index in [0.29, 0.717) is 5.69 Å². The minimum absolute atomic E-state index is 0.0681. The second kappa shape index (κ2) is 8.06. The van der Waals surface area contributed by atoms with Crippen LogP contribution in [-0.2, 0) is 9.53 Å². The lowest BCUT2D eigenvalue weighted by molar-refractivity contribution is -0.384. The van der Waals surface area contributed by atoms with Crippen LogP contribution in [0.5, 0.6) is 0 Å². The van der Waals surface area contributed by atoms with Gasteiger partial charge in [-0.2, -0.15) is 0 Å². The first kappa shape index (κ1) is 19.3. The molecule has 1 amide bonds. The summed E-state index contributed by atoms with van der Waals surface area (Å²) in [5.74, 6) is -1.38. The Bertz CT molecular complexity index is 1080. The van der Waals surface area contributed by atoms with E-state index in [-0.39, 0.29) is 10.6 Å². The number of benzene rings is 3. The molecule has 0 unspecified atom stereocenters. The molecule has 0 aromatic heterocycles. The van der Waals surface area contributed by atoms with Crippen molar-refractivity contribution in [2.45, 2.75) is 13.0 Å². The Kier molecular flexibility index (Phi) is 5.56. The van der Waals surface area contributed by atoms with Crippen LogP contribution in [0.15, 0.2) is 60.7 Å². The summed E-state index contributed by atoms with van der Waals surface area (Å²) in [6.45, 7) is 1.42. The molecule has 8 heteroatoms. The summed E-state index contributed by atoms with van der Waals surface area (Å²) >= 11 is 5.73. The number of fused-ring (bicyclic) bond motifs is 1. The van der Waals surface area contributed by atoms with Gasteiger partial charge in [-0.3, -0.25) is 14.9 Å². The Morgan fingerprint density at radius 1 is 1.07 bits per heavy atom. The van der Waals surface area contributed by atoms with Crippen molar-refractivity contribution in [1.29, 1.82) is 0 Å². The lowest BCUT2D eigenvalue weighted by Gasteiger charge is -2.14. The number of halogens is 1. The maximum Gasteiger partial charge on any atom is 0.339 e. The third-order valence-corrected chi connectivity index (χ3v) is 4.37. The highest BCUT2D eigenvalue weighted by molar-refractivity contribution is 6.32. The largest absolute Gasteiger partial charge is 0.449 e. The van der Waals surface area contributed by atoms with Gasteiger partial charge < -0.3 is 10.1 Å². The molecule has 28 heavy (non-hydrogen) atoms. The average Bonchev–Trinajstić information content (AvgIpc) is 2.67. The molecule has 0 aliphatic carbocycles. The first-order valence-electron chi connectivity index (χ1n) is 8.30. The van der Waals surface area contributed by atoms with Crippen molar-refractivity contribution in [1.82, 2.24) is 0 Å². The summed E-state index contributed by atoms with van der Waals surface area (Å²) in [6, 6.07) is 16.7. The lowest BCUT2D eigenvalue weighted by atomic mass is 10.1. The second-order valence-corrected chi connectivity index (χ2v) is 6.43. The molecule has 0 fully saturated rings. The quantitative estimate of drug-likeness (QED) is 0.385. The van der Waals surface area contributed by atoms with Gasteiger partial charge in [-0.1, -0.05) is 41.9 Å². The number of nitrogens with zero attached hydrogens (tertiary/aromatic N) is 1. The Morgan fingerprint density at radius 2 is 1.79 bits per heavy atom. The zero-order valence-electron chi connectivity index (χ0n) is 14.7. The number of ether oxygens (including phenoxy) is 1. The van der Waals surface area contributed by atoms with Gasteiger partial charge >= 0.3 is 5.97 Å². The Hall–Kier alpha value is -3.45. The van der Waals surface area contributed by atoms with Gasteiger partial charge in [-0.25, -0.2) is 4.79 Å². The summed E-state index contributed by atoms with van der Waals surface area (Å²) in [5, 5.41) is 15.5. The van der Waals surface area contributed by atoms with Crippen LogP contribution >= 0.6 is 11.6 Å². The van der Waals surface area contributed by atoms with E-state index in [1.54, 1.807) is 6.07 Å². The fraction of sp³-hybridized carbons (Fsp3) is 0.100. The fourth-order valence-electron chi connectivity index (χ4n) is 2.57. The van der Waals surface area contributed by atoms with E-state index in [2.05, 4.69) is 5.32 Å². The molecule has 3 aromatic carbocycles. The van der Waals surface area contributed by atoms with Crippen molar-refractivity contribution in [2.24, 2.45) is 0 Å². The number of hydrogen-bond donors (Lipinski definition) is 1. The van der Waals surface area contributed by atoms with Crippen LogP contribution in [0.25, 0.3) is 10.8 Å². The highest BCUT2D eigenvalue weighted by atomic mass is 35.5. The van der Waals surface area contributed by atoms with Crippen molar-refractivity contribution >= 4 is 45.6 Å². The van der Waals surface area contributed by atoms with Gasteiger partial charge in [-0.05, 0) is 42.0 Å². The van der Waals surface area contributed by atoms with Crippen LogP contribution in [0.4, 0.5) is 11.4 Å². The SMILES string of the molecule is C[C@H](OC(=O)c1ccc(Cl)c([N+](=O)[O-])c1)C(=O)Nc1ccc2ccccc2c1. The molecule has 0 saturated heterocycles. The van der Waals surface area contributed by atoms with Crippen molar-refractivity contribution in [2.75, 3.05) is 5.32 Å². The standard InChI is InChI=1S/C20H15ClN2O5/c1-12(28-20(25)15-7-9-17(21)18(11-15)23(26)27)19(24)22-16-8-6-13-4-2-3-5-14(13)10-16/h2-12H,1H3,(H,22,24)/t12-/m0/s1. The molecule has 3 aromatic rings. The third kappa shape index (κ3) is 4.27. The molecule has 0 bridgehead atoms. The van der Waals surface area contributed by atoms with Gasteiger partial charge in [0.1, 0.15) is 5.02 Å². The fourth-order valence-corrected chi connectivity index (χ4v) is 2.76. The zero-order chi connectivity index (χ0) is 20.3. The minimum Gasteiger partial charge on any atom is -0.449 e. The normalized spacial score (nSPS) is 11.6. The van der Waals surface area contributed by atoms with Crippen LogP contribution in [-0.4, -0.2) is 22.9 Å². The van der Waals surface area contributed by atoms with Crippen LogP contribution < -0.4 is 5.32 Å². The zero-order valence-corrected chi connectivity index (χ0v) is 15.5. The number of anilines is 1. The molecule has 0 saturated carbocycles. The van der Waals surface area contributed by atoms with E-state index in [0.717, 1.165) is 16.8 Å². The topological polar surface area (TPSA) is 98.5 Å². The van der Waals surface area contributed by atoms with Gasteiger partial charge in [0.05, 0.1) is 10.5 Å². The minimum atomic E-state index is -1.10. The van der Waals surface area contributed by atoms with Gasteiger partial charge in [0, 0.05) is 11.8 Å². The second-order valence-electron chi connectivity index (χ2n) is 6.02. The molecule has 0 aliphatic rings. The van der Waals surface area contributed by atoms with E-state index >= 15 is 0 Å². The molecule has 0 radical (unpaired) electrons. The van der Waals surface area contributed by atoms with Crippen LogP contribution in [0.3, 0.4) is 0 Å². The number of carbonyl (C=O) groups is 2. The van der Waals surface area contributed by atoms with E-state index in [9.17, 15) is 19.7 Å². The maximum absolute atomic E-state index is 12.3. The highest BCUT2D eigenvalue weighted by Crippen LogP contribution is 2.25. The molecule has 0 aliphatic heterocycles. The highest BCUT2D eigenvalue weighted by Gasteiger charge is 2.22. The number of hydrogen-bond acceptors (Lipinski definition) is 5. The summed E-state index contributed by atoms with van der Waals surface area (Å²) in [7, 11) is 0. The molecule has 142 valence electrons. The predicted octanol–water partition coefficient (Wildman–Crippen LogP) is 4.59. The Morgan fingerprint density at radius 3 is 2.50 bits per heavy atom. The van der Waals surface area contributed by atoms with Gasteiger partial charge in [0.15, 0.2) is 6.10 Å². The number of esters is 1. The predicted molar refractivity (Wildman–Crippen MR) is 106 cm³/mol.